The summed E-state index contributed by atoms with van der Waals surface area (Å²) in [5, 5.41) is 12.3. The van der Waals surface area contributed by atoms with Gasteiger partial charge in [0.25, 0.3) is 0 Å². The first kappa shape index (κ1) is 12.7. The molecule has 0 aromatic carbocycles. The van der Waals surface area contributed by atoms with E-state index in [1.807, 2.05) is 0 Å². The van der Waals surface area contributed by atoms with Gasteiger partial charge in [-0.2, -0.15) is 4.98 Å². The lowest BCUT2D eigenvalue weighted by atomic mass is 10.2. The molecule has 0 amide bonds. The van der Waals surface area contributed by atoms with Gasteiger partial charge < -0.3 is 10.6 Å². The predicted octanol–water partition coefficient (Wildman–Crippen LogP) is 3.87. The van der Waals surface area contributed by atoms with Crippen LogP contribution in [0.3, 0.4) is 0 Å². The smallest absolute Gasteiger partial charge is 0.225 e. The van der Waals surface area contributed by atoms with E-state index in [0.717, 1.165) is 35.6 Å². The Balaban J connectivity index is 1.88. The standard InChI is InChI=1S/C14H20N4S/c1-2-7-15-14-17-12-9-19-8-11(12)13(18-14)16-10-5-3-4-6-10/h8-10H,2-7H2,1H3,(H2,15,16,17,18). The lowest BCUT2D eigenvalue weighted by Gasteiger charge is -2.14. The van der Waals surface area contributed by atoms with Crippen LogP contribution < -0.4 is 10.6 Å². The molecule has 2 aromatic rings. The first-order valence-electron chi connectivity index (χ1n) is 7.11. The first-order chi connectivity index (χ1) is 9.36. The van der Waals surface area contributed by atoms with E-state index >= 15 is 0 Å². The fraction of sp³-hybridized carbons (Fsp3) is 0.571. The topological polar surface area (TPSA) is 49.8 Å². The molecule has 1 aliphatic carbocycles. The van der Waals surface area contributed by atoms with Crippen LogP contribution >= 0.6 is 11.3 Å². The van der Waals surface area contributed by atoms with E-state index in [9.17, 15) is 0 Å². The summed E-state index contributed by atoms with van der Waals surface area (Å²) < 4.78 is 0. The minimum Gasteiger partial charge on any atom is -0.367 e. The Morgan fingerprint density at radius 2 is 2.11 bits per heavy atom. The summed E-state index contributed by atoms with van der Waals surface area (Å²) >= 11 is 1.69. The molecule has 0 radical (unpaired) electrons. The molecule has 1 fully saturated rings. The van der Waals surface area contributed by atoms with Gasteiger partial charge in [-0.05, 0) is 19.3 Å². The minimum absolute atomic E-state index is 0.581. The van der Waals surface area contributed by atoms with Crippen molar-refractivity contribution in [2.75, 3.05) is 17.2 Å². The van der Waals surface area contributed by atoms with Crippen LogP contribution in [0.2, 0.25) is 0 Å². The maximum Gasteiger partial charge on any atom is 0.225 e. The molecule has 2 heterocycles. The molecule has 102 valence electrons. The molecule has 0 aliphatic heterocycles. The van der Waals surface area contributed by atoms with Gasteiger partial charge in [-0.15, -0.1) is 11.3 Å². The normalized spacial score (nSPS) is 16.1. The summed E-state index contributed by atoms with van der Waals surface area (Å²) in [7, 11) is 0. The number of rotatable bonds is 5. The third-order valence-electron chi connectivity index (χ3n) is 3.57. The van der Waals surface area contributed by atoms with Crippen LogP contribution in [0.25, 0.3) is 10.9 Å². The van der Waals surface area contributed by atoms with Crippen LogP contribution in [0.1, 0.15) is 39.0 Å². The minimum atomic E-state index is 0.581. The summed E-state index contributed by atoms with van der Waals surface area (Å²) in [6, 6.07) is 0.581. The number of aromatic nitrogens is 2. The van der Waals surface area contributed by atoms with Gasteiger partial charge >= 0.3 is 0 Å². The lowest BCUT2D eigenvalue weighted by Crippen LogP contribution is -2.16. The Bertz CT molecular complexity index is 545. The van der Waals surface area contributed by atoms with Crippen LogP contribution in [0.5, 0.6) is 0 Å². The molecular formula is C14H20N4S. The summed E-state index contributed by atoms with van der Waals surface area (Å²) in [6.45, 7) is 3.06. The molecule has 0 saturated heterocycles. The second-order valence-electron chi connectivity index (χ2n) is 5.12. The van der Waals surface area contributed by atoms with E-state index < -0.39 is 0 Å². The highest BCUT2D eigenvalue weighted by atomic mass is 32.1. The zero-order valence-corrected chi connectivity index (χ0v) is 12.1. The van der Waals surface area contributed by atoms with Gasteiger partial charge in [-0.25, -0.2) is 4.98 Å². The van der Waals surface area contributed by atoms with Crippen molar-refractivity contribution in [2.24, 2.45) is 0 Å². The van der Waals surface area contributed by atoms with Crippen molar-refractivity contribution in [2.45, 2.75) is 45.1 Å². The molecule has 2 aromatic heterocycles. The molecule has 1 aliphatic rings. The van der Waals surface area contributed by atoms with E-state index in [0.29, 0.717) is 6.04 Å². The van der Waals surface area contributed by atoms with Gasteiger partial charge in [-0.1, -0.05) is 19.8 Å². The van der Waals surface area contributed by atoms with Crippen LogP contribution in [0, 0.1) is 0 Å². The van der Waals surface area contributed by atoms with Crippen molar-refractivity contribution in [3.05, 3.63) is 10.8 Å². The summed E-state index contributed by atoms with van der Waals surface area (Å²) in [5.74, 6) is 1.74. The van der Waals surface area contributed by atoms with Crippen LogP contribution in [-0.4, -0.2) is 22.6 Å². The van der Waals surface area contributed by atoms with E-state index in [1.165, 1.54) is 25.7 Å². The van der Waals surface area contributed by atoms with Crippen LogP contribution in [0.15, 0.2) is 10.8 Å². The molecular weight excluding hydrogens is 256 g/mol. The molecule has 0 atom stereocenters. The quantitative estimate of drug-likeness (QED) is 0.870. The Hall–Kier alpha value is -1.36. The molecule has 3 rings (SSSR count). The molecule has 0 spiro atoms. The van der Waals surface area contributed by atoms with E-state index in [-0.39, 0.29) is 0 Å². The highest BCUT2D eigenvalue weighted by Crippen LogP contribution is 2.28. The highest BCUT2D eigenvalue weighted by Gasteiger charge is 2.17. The lowest BCUT2D eigenvalue weighted by molar-refractivity contribution is 0.751. The first-order valence-corrected chi connectivity index (χ1v) is 8.05. The number of hydrogen-bond acceptors (Lipinski definition) is 5. The number of fused-ring (bicyclic) bond motifs is 1. The van der Waals surface area contributed by atoms with E-state index in [2.05, 4.69) is 38.3 Å². The van der Waals surface area contributed by atoms with Crippen LogP contribution in [-0.2, 0) is 0 Å². The molecule has 0 bridgehead atoms. The predicted molar refractivity (Wildman–Crippen MR) is 82.1 cm³/mol. The zero-order valence-electron chi connectivity index (χ0n) is 11.3. The maximum atomic E-state index is 4.65. The Morgan fingerprint density at radius 3 is 2.89 bits per heavy atom. The van der Waals surface area contributed by atoms with Crippen molar-refractivity contribution in [3.8, 4) is 0 Å². The van der Waals surface area contributed by atoms with Crippen molar-refractivity contribution in [1.29, 1.82) is 0 Å². The van der Waals surface area contributed by atoms with E-state index in [1.54, 1.807) is 11.3 Å². The zero-order chi connectivity index (χ0) is 13.1. The number of nitrogens with zero attached hydrogens (tertiary/aromatic N) is 2. The second kappa shape index (κ2) is 5.74. The van der Waals surface area contributed by atoms with Gasteiger partial charge in [-0.3, -0.25) is 0 Å². The van der Waals surface area contributed by atoms with Crippen molar-refractivity contribution in [1.82, 2.24) is 9.97 Å². The molecule has 0 unspecified atom stereocenters. The van der Waals surface area contributed by atoms with Crippen molar-refractivity contribution >= 4 is 34.0 Å². The number of nitrogens with one attached hydrogen (secondary N) is 2. The molecule has 4 nitrogen and oxygen atoms in total. The average Bonchev–Trinajstić information content (AvgIpc) is 3.06. The number of anilines is 2. The Kier molecular flexibility index (Phi) is 3.82. The van der Waals surface area contributed by atoms with Gasteiger partial charge in [0.05, 0.1) is 10.9 Å². The summed E-state index contributed by atoms with van der Waals surface area (Å²) in [5.41, 5.74) is 1.04. The molecule has 1 saturated carbocycles. The number of hydrogen-bond donors (Lipinski definition) is 2. The SMILES string of the molecule is CCCNc1nc(NC2CCCC2)c2cscc2n1. The van der Waals surface area contributed by atoms with Crippen LogP contribution in [0.4, 0.5) is 11.8 Å². The van der Waals surface area contributed by atoms with Gasteiger partial charge in [0, 0.05) is 23.3 Å². The van der Waals surface area contributed by atoms with Gasteiger partial charge in [0.2, 0.25) is 5.95 Å². The summed E-state index contributed by atoms with van der Waals surface area (Å²) in [6.07, 6.45) is 6.25. The largest absolute Gasteiger partial charge is 0.367 e. The van der Waals surface area contributed by atoms with Crippen molar-refractivity contribution < 1.29 is 0 Å². The third kappa shape index (κ3) is 2.81. The highest BCUT2D eigenvalue weighted by molar-refractivity contribution is 7.09. The van der Waals surface area contributed by atoms with Gasteiger partial charge in [0.1, 0.15) is 5.82 Å². The maximum absolute atomic E-state index is 4.65. The Labute approximate surface area is 117 Å². The Morgan fingerprint density at radius 1 is 1.26 bits per heavy atom. The number of thiophene rings is 1. The fourth-order valence-corrected chi connectivity index (χ4v) is 3.29. The second-order valence-corrected chi connectivity index (χ2v) is 5.86. The molecule has 19 heavy (non-hydrogen) atoms. The van der Waals surface area contributed by atoms with Crippen molar-refractivity contribution in [3.63, 3.8) is 0 Å². The average molecular weight is 276 g/mol. The monoisotopic (exact) mass is 276 g/mol. The third-order valence-corrected chi connectivity index (χ3v) is 4.30. The fourth-order valence-electron chi connectivity index (χ4n) is 2.55. The summed E-state index contributed by atoms with van der Waals surface area (Å²) in [4.78, 5) is 9.20. The molecule has 2 N–H and O–H groups in total. The van der Waals surface area contributed by atoms with Gasteiger partial charge in [0.15, 0.2) is 0 Å². The van der Waals surface area contributed by atoms with E-state index in [4.69, 9.17) is 0 Å². The molecule has 5 heteroatoms.